The molecular formula is C25H38O. The Morgan fingerprint density at radius 2 is 1.65 bits per heavy atom. The van der Waals surface area contributed by atoms with Crippen LogP contribution in [0.1, 0.15) is 79.1 Å². The highest BCUT2D eigenvalue weighted by molar-refractivity contribution is 5.28. The molecule has 1 N–H and O–H groups in total. The van der Waals surface area contributed by atoms with E-state index >= 15 is 0 Å². The van der Waals surface area contributed by atoms with E-state index in [2.05, 4.69) is 19.8 Å². The summed E-state index contributed by atoms with van der Waals surface area (Å²) in [4.78, 5) is 0. The first kappa shape index (κ1) is 17.6. The minimum atomic E-state index is -0.335. The molecule has 0 aliphatic heterocycles. The average Bonchev–Trinajstić information content (AvgIpc) is 3.54. The van der Waals surface area contributed by atoms with E-state index in [1.165, 1.54) is 44.9 Å². The molecule has 1 nitrogen and oxygen atoms in total. The highest BCUT2D eigenvalue weighted by Crippen LogP contribution is 2.80. The molecule has 0 amide bonds. The van der Waals surface area contributed by atoms with Crippen LogP contribution in [0.15, 0.2) is 0 Å². The van der Waals surface area contributed by atoms with Gasteiger partial charge in [0.05, 0.1) is 5.60 Å². The standard InChI is InChI=1S/C23H32O.C2H6/c1-4-16-13-11-14(13)20-19-15-12-18(15)23(24)9-6-5-8-22(23,3)17(19)7-10-21(16,20)2;1-2/h1,13-20,24H,5-12H2,2-3H3;1-2H3. The monoisotopic (exact) mass is 354 g/mol. The predicted octanol–water partition coefficient (Wildman–Crippen LogP) is 5.52. The van der Waals surface area contributed by atoms with Crippen molar-refractivity contribution < 1.29 is 5.11 Å². The van der Waals surface area contributed by atoms with Gasteiger partial charge in [-0.15, -0.1) is 12.3 Å². The van der Waals surface area contributed by atoms with Crippen LogP contribution in [0.4, 0.5) is 0 Å². The largest absolute Gasteiger partial charge is 0.389 e. The Hall–Kier alpha value is -0.480. The maximum Gasteiger partial charge on any atom is 0.0734 e. The number of fused-ring (bicyclic) bond motifs is 10. The molecule has 6 saturated carbocycles. The number of aliphatic hydroxyl groups is 1. The van der Waals surface area contributed by atoms with Gasteiger partial charge >= 0.3 is 0 Å². The summed E-state index contributed by atoms with van der Waals surface area (Å²) in [5, 5.41) is 11.7. The van der Waals surface area contributed by atoms with Crippen molar-refractivity contribution in [2.45, 2.75) is 84.7 Å². The zero-order valence-electron chi connectivity index (χ0n) is 17.3. The van der Waals surface area contributed by atoms with E-state index in [4.69, 9.17) is 6.42 Å². The first-order valence-electron chi connectivity index (χ1n) is 11.6. The molecule has 0 aromatic carbocycles. The Balaban J connectivity index is 0.000000727. The van der Waals surface area contributed by atoms with Gasteiger partial charge in [0.25, 0.3) is 0 Å². The first-order chi connectivity index (χ1) is 12.5. The zero-order chi connectivity index (χ0) is 18.5. The molecule has 6 rings (SSSR count). The lowest BCUT2D eigenvalue weighted by molar-refractivity contribution is -0.212. The van der Waals surface area contributed by atoms with Crippen LogP contribution in [0.2, 0.25) is 0 Å². The number of rotatable bonds is 0. The summed E-state index contributed by atoms with van der Waals surface area (Å²) in [7, 11) is 0. The Bertz CT molecular complexity index is 647. The summed E-state index contributed by atoms with van der Waals surface area (Å²) in [6, 6.07) is 0. The molecule has 144 valence electrons. The van der Waals surface area contributed by atoms with Gasteiger partial charge < -0.3 is 5.11 Å². The molecule has 26 heavy (non-hydrogen) atoms. The van der Waals surface area contributed by atoms with Gasteiger partial charge in [0.1, 0.15) is 0 Å². The topological polar surface area (TPSA) is 20.2 Å². The van der Waals surface area contributed by atoms with Crippen LogP contribution in [0.5, 0.6) is 0 Å². The maximum atomic E-state index is 11.7. The molecule has 0 heterocycles. The number of hydrogen-bond donors (Lipinski definition) is 1. The van der Waals surface area contributed by atoms with E-state index < -0.39 is 0 Å². The van der Waals surface area contributed by atoms with Crippen LogP contribution in [-0.4, -0.2) is 10.7 Å². The van der Waals surface area contributed by atoms with Crippen molar-refractivity contribution in [3.63, 3.8) is 0 Å². The van der Waals surface area contributed by atoms with Crippen LogP contribution in [0.3, 0.4) is 0 Å². The molecule has 0 bridgehead atoms. The Morgan fingerprint density at radius 3 is 2.38 bits per heavy atom. The third kappa shape index (κ3) is 1.79. The lowest BCUT2D eigenvalue weighted by Gasteiger charge is -2.63. The number of terminal acetylenes is 1. The second-order valence-corrected chi connectivity index (χ2v) is 11.0. The molecule has 0 aromatic heterocycles. The van der Waals surface area contributed by atoms with E-state index in [1.807, 2.05) is 13.8 Å². The van der Waals surface area contributed by atoms with Crippen molar-refractivity contribution >= 4 is 0 Å². The van der Waals surface area contributed by atoms with Gasteiger partial charge in [-0.25, -0.2) is 0 Å². The molecule has 0 radical (unpaired) electrons. The van der Waals surface area contributed by atoms with Crippen molar-refractivity contribution in [1.82, 2.24) is 0 Å². The fourth-order valence-corrected chi connectivity index (χ4v) is 9.49. The minimum Gasteiger partial charge on any atom is -0.389 e. The molecular weight excluding hydrogens is 316 g/mol. The summed E-state index contributed by atoms with van der Waals surface area (Å²) in [6.07, 6.45) is 16.3. The van der Waals surface area contributed by atoms with Crippen LogP contribution >= 0.6 is 0 Å². The third-order valence-electron chi connectivity index (χ3n) is 10.6. The Kier molecular flexibility index (Phi) is 3.60. The van der Waals surface area contributed by atoms with Gasteiger partial charge in [0, 0.05) is 5.92 Å². The van der Waals surface area contributed by atoms with Crippen LogP contribution in [0.25, 0.3) is 0 Å². The highest BCUT2D eigenvalue weighted by atomic mass is 16.3. The quantitative estimate of drug-likeness (QED) is 0.568. The van der Waals surface area contributed by atoms with Gasteiger partial charge in [0.2, 0.25) is 0 Å². The van der Waals surface area contributed by atoms with Crippen molar-refractivity contribution in [2.24, 2.45) is 58.2 Å². The maximum absolute atomic E-state index is 11.7. The predicted molar refractivity (Wildman–Crippen MR) is 106 cm³/mol. The number of hydrogen-bond acceptors (Lipinski definition) is 1. The zero-order valence-corrected chi connectivity index (χ0v) is 17.3. The smallest absolute Gasteiger partial charge is 0.0734 e. The second kappa shape index (κ2) is 5.31. The van der Waals surface area contributed by atoms with Gasteiger partial charge in [0.15, 0.2) is 0 Å². The van der Waals surface area contributed by atoms with E-state index in [9.17, 15) is 5.11 Å². The van der Waals surface area contributed by atoms with Gasteiger partial charge in [-0.2, -0.15) is 0 Å². The Labute approximate surface area is 160 Å². The van der Waals surface area contributed by atoms with Crippen LogP contribution in [-0.2, 0) is 0 Å². The highest BCUT2D eigenvalue weighted by Gasteiger charge is 2.77. The SMILES string of the molecule is C#CC1C2CC2C2C3C4CC4C4(O)CCCCC4(C)C3CCC12C.CC. The van der Waals surface area contributed by atoms with Crippen molar-refractivity contribution in [3.8, 4) is 12.3 Å². The molecule has 0 saturated heterocycles. The summed E-state index contributed by atoms with van der Waals surface area (Å²) in [5.41, 5.74) is 0.266. The first-order valence-corrected chi connectivity index (χ1v) is 11.6. The lowest BCUT2D eigenvalue weighted by atomic mass is 9.43. The molecule has 6 fully saturated rings. The second-order valence-electron chi connectivity index (χ2n) is 11.0. The average molecular weight is 355 g/mol. The fraction of sp³-hybridized carbons (Fsp3) is 0.920. The van der Waals surface area contributed by atoms with Gasteiger partial charge in [-0.05, 0) is 90.8 Å². The molecule has 1 heteroatoms. The van der Waals surface area contributed by atoms with Crippen molar-refractivity contribution in [1.29, 1.82) is 0 Å². The van der Waals surface area contributed by atoms with E-state index in [0.717, 1.165) is 41.9 Å². The molecule has 11 unspecified atom stereocenters. The fourth-order valence-electron chi connectivity index (χ4n) is 9.49. The summed E-state index contributed by atoms with van der Waals surface area (Å²) >= 11 is 0. The summed E-state index contributed by atoms with van der Waals surface area (Å²) in [6.45, 7) is 9.03. The van der Waals surface area contributed by atoms with Crippen molar-refractivity contribution in [3.05, 3.63) is 0 Å². The van der Waals surface area contributed by atoms with Gasteiger partial charge in [-0.3, -0.25) is 0 Å². The minimum absolute atomic E-state index is 0.188. The lowest BCUT2D eigenvalue weighted by Crippen LogP contribution is -2.63. The molecule has 0 spiro atoms. The summed E-state index contributed by atoms with van der Waals surface area (Å²) in [5.74, 6) is 9.54. The van der Waals surface area contributed by atoms with E-state index in [-0.39, 0.29) is 11.0 Å². The van der Waals surface area contributed by atoms with Crippen molar-refractivity contribution in [2.75, 3.05) is 0 Å². The Morgan fingerprint density at radius 1 is 0.923 bits per heavy atom. The molecule has 11 atom stereocenters. The third-order valence-corrected chi connectivity index (χ3v) is 10.6. The molecule has 6 aliphatic rings. The van der Waals surface area contributed by atoms with E-state index in [1.54, 1.807) is 0 Å². The summed E-state index contributed by atoms with van der Waals surface area (Å²) < 4.78 is 0. The van der Waals surface area contributed by atoms with Gasteiger partial charge in [-0.1, -0.05) is 40.5 Å². The van der Waals surface area contributed by atoms with Crippen LogP contribution < -0.4 is 0 Å². The van der Waals surface area contributed by atoms with Crippen LogP contribution in [0, 0.1) is 70.5 Å². The molecule has 6 aliphatic carbocycles. The normalized spacial score (nSPS) is 63.5. The molecule has 0 aromatic rings. The van der Waals surface area contributed by atoms with E-state index in [0.29, 0.717) is 17.3 Å².